The van der Waals surface area contributed by atoms with Gasteiger partial charge in [0.15, 0.2) is 9.84 Å². The number of aromatic nitrogens is 3. The third-order valence-electron chi connectivity index (χ3n) is 2.84. The number of ether oxygens (including phenoxy) is 1. The fraction of sp³-hybridized carbons (Fsp3) is 0.727. The van der Waals surface area contributed by atoms with E-state index in [-0.39, 0.29) is 17.5 Å². The zero-order valence-corrected chi connectivity index (χ0v) is 12.5. The van der Waals surface area contributed by atoms with Crippen molar-refractivity contribution in [1.82, 2.24) is 15.0 Å². The van der Waals surface area contributed by atoms with E-state index in [4.69, 9.17) is 4.74 Å². The van der Waals surface area contributed by atoms with E-state index in [1.165, 1.54) is 0 Å². The Labute approximate surface area is 118 Å². The Morgan fingerprint density at radius 3 is 2.50 bits per heavy atom. The Balaban J connectivity index is 2.21. The molecule has 1 aromatic heterocycles. The molecule has 0 saturated carbocycles. The highest BCUT2D eigenvalue weighted by Gasteiger charge is 2.24. The second kappa shape index (κ2) is 6.21. The fourth-order valence-corrected chi connectivity index (χ4v) is 3.03. The highest BCUT2D eigenvalue weighted by Crippen LogP contribution is 2.17. The van der Waals surface area contributed by atoms with Crippen LogP contribution in [-0.2, 0) is 9.84 Å². The molecular formula is C11H19N5O3S. The maximum absolute atomic E-state index is 11.4. The maximum atomic E-state index is 11.4. The van der Waals surface area contributed by atoms with Gasteiger partial charge in [-0.3, -0.25) is 0 Å². The predicted molar refractivity (Wildman–Crippen MR) is 76.0 cm³/mol. The molecule has 0 aromatic carbocycles. The van der Waals surface area contributed by atoms with Crippen molar-refractivity contribution < 1.29 is 13.2 Å². The number of anilines is 2. The number of rotatable bonds is 5. The molecule has 2 heterocycles. The first kappa shape index (κ1) is 14.8. The van der Waals surface area contributed by atoms with Gasteiger partial charge >= 0.3 is 6.01 Å². The van der Waals surface area contributed by atoms with Crippen LogP contribution in [0.2, 0.25) is 0 Å². The molecule has 1 aromatic rings. The fourth-order valence-electron chi connectivity index (χ4n) is 1.83. The summed E-state index contributed by atoms with van der Waals surface area (Å²) >= 11 is 0. The van der Waals surface area contributed by atoms with Crippen molar-refractivity contribution in [1.29, 1.82) is 0 Å². The molecule has 1 saturated heterocycles. The number of nitrogens with one attached hydrogen (secondary N) is 1. The van der Waals surface area contributed by atoms with Gasteiger partial charge in [0.25, 0.3) is 0 Å². The monoisotopic (exact) mass is 301 g/mol. The van der Waals surface area contributed by atoms with Gasteiger partial charge in [-0.2, -0.15) is 15.0 Å². The summed E-state index contributed by atoms with van der Waals surface area (Å²) < 4.78 is 28.2. The molecule has 0 amide bonds. The third kappa shape index (κ3) is 3.69. The number of hydrogen-bond acceptors (Lipinski definition) is 8. The Bertz CT molecular complexity index is 525. The molecule has 0 atom stereocenters. The Morgan fingerprint density at radius 2 is 1.90 bits per heavy atom. The van der Waals surface area contributed by atoms with Crippen molar-refractivity contribution >= 4 is 21.7 Å². The molecule has 2 rings (SSSR count). The molecule has 9 heteroatoms. The topological polar surface area (TPSA) is 97.3 Å². The van der Waals surface area contributed by atoms with E-state index < -0.39 is 9.84 Å². The summed E-state index contributed by atoms with van der Waals surface area (Å²) in [5.74, 6) is 1.14. The zero-order chi connectivity index (χ0) is 14.6. The SMILES string of the molecule is CCNc1nc(OCC)nc(N2CCS(=O)(=O)CC2)n1. The number of nitrogens with zero attached hydrogens (tertiary/aromatic N) is 4. The van der Waals surface area contributed by atoms with Crippen molar-refractivity contribution in [3.8, 4) is 6.01 Å². The summed E-state index contributed by atoms with van der Waals surface area (Å²) in [6, 6.07) is 0.252. The number of hydrogen-bond donors (Lipinski definition) is 1. The van der Waals surface area contributed by atoms with Gasteiger partial charge in [-0.15, -0.1) is 0 Å². The van der Waals surface area contributed by atoms with E-state index in [1.807, 2.05) is 18.7 Å². The van der Waals surface area contributed by atoms with Crippen LogP contribution in [0.1, 0.15) is 13.8 Å². The van der Waals surface area contributed by atoms with E-state index in [0.717, 1.165) is 0 Å². The largest absolute Gasteiger partial charge is 0.464 e. The molecule has 0 unspecified atom stereocenters. The lowest BCUT2D eigenvalue weighted by Gasteiger charge is -2.26. The lowest BCUT2D eigenvalue weighted by atomic mass is 10.5. The standard InChI is InChI=1S/C11H19N5O3S/c1-3-12-9-13-10(15-11(14-9)19-4-2)16-5-7-20(17,18)8-6-16/h3-8H2,1-2H3,(H,12,13,14,15). The highest BCUT2D eigenvalue weighted by molar-refractivity contribution is 7.91. The zero-order valence-electron chi connectivity index (χ0n) is 11.7. The normalized spacial score (nSPS) is 17.8. The summed E-state index contributed by atoms with van der Waals surface area (Å²) in [7, 11) is -2.92. The summed E-state index contributed by atoms with van der Waals surface area (Å²) in [5.41, 5.74) is 0. The van der Waals surface area contributed by atoms with E-state index >= 15 is 0 Å². The lowest BCUT2D eigenvalue weighted by molar-refractivity contribution is 0.312. The Morgan fingerprint density at radius 1 is 1.20 bits per heavy atom. The third-order valence-corrected chi connectivity index (χ3v) is 4.45. The van der Waals surface area contributed by atoms with Crippen LogP contribution in [0.3, 0.4) is 0 Å². The molecule has 112 valence electrons. The van der Waals surface area contributed by atoms with Crippen molar-refractivity contribution in [2.24, 2.45) is 0 Å². The highest BCUT2D eigenvalue weighted by atomic mass is 32.2. The van der Waals surface area contributed by atoms with E-state index in [0.29, 0.717) is 38.1 Å². The van der Waals surface area contributed by atoms with Crippen molar-refractivity contribution in [2.45, 2.75) is 13.8 Å². The minimum Gasteiger partial charge on any atom is -0.464 e. The van der Waals surface area contributed by atoms with E-state index in [2.05, 4.69) is 20.3 Å². The van der Waals surface area contributed by atoms with E-state index in [9.17, 15) is 8.42 Å². The van der Waals surface area contributed by atoms with Gasteiger partial charge in [0.05, 0.1) is 18.1 Å². The summed E-state index contributed by atoms with van der Waals surface area (Å²) in [6.45, 7) is 5.72. The molecule has 0 spiro atoms. The quantitative estimate of drug-likeness (QED) is 0.807. The maximum Gasteiger partial charge on any atom is 0.323 e. The van der Waals surface area contributed by atoms with Crippen molar-refractivity contribution in [3.63, 3.8) is 0 Å². The Hall–Kier alpha value is -1.64. The van der Waals surface area contributed by atoms with Crippen LogP contribution in [-0.4, -0.2) is 61.1 Å². The van der Waals surface area contributed by atoms with Gasteiger partial charge in [-0.05, 0) is 13.8 Å². The van der Waals surface area contributed by atoms with Crippen molar-refractivity contribution in [2.75, 3.05) is 48.0 Å². The minimum atomic E-state index is -2.92. The molecule has 0 aliphatic carbocycles. The predicted octanol–water partition coefficient (Wildman–Crippen LogP) is -0.0631. The van der Waals surface area contributed by atoms with Crippen LogP contribution in [0, 0.1) is 0 Å². The average molecular weight is 301 g/mol. The molecule has 0 bridgehead atoms. The molecule has 1 aliphatic rings. The van der Waals surface area contributed by atoms with E-state index in [1.54, 1.807) is 0 Å². The average Bonchev–Trinajstić information content (AvgIpc) is 2.39. The van der Waals surface area contributed by atoms with Crippen LogP contribution in [0.25, 0.3) is 0 Å². The first-order valence-electron chi connectivity index (χ1n) is 6.62. The van der Waals surface area contributed by atoms with Crippen LogP contribution < -0.4 is 15.0 Å². The molecule has 8 nitrogen and oxygen atoms in total. The van der Waals surface area contributed by atoms with Gasteiger partial charge in [-0.1, -0.05) is 0 Å². The first-order valence-corrected chi connectivity index (χ1v) is 8.44. The minimum absolute atomic E-state index is 0.124. The molecule has 1 N–H and O–H groups in total. The van der Waals surface area contributed by atoms with Gasteiger partial charge in [0.1, 0.15) is 0 Å². The second-order valence-corrected chi connectivity index (χ2v) is 6.65. The summed E-state index contributed by atoms with van der Waals surface area (Å²) in [5, 5.41) is 3.01. The summed E-state index contributed by atoms with van der Waals surface area (Å²) in [4.78, 5) is 14.5. The molecular weight excluding hydrogens is 282 g/mol. The van der Waals surface area contributed by atoms with Gasteiger partial charge < -0.3 is 15.0 Å². The molecule has 1 fully saturated rings. The summed E-state index contributed by atoms with van der Waals surface area (Å²) in [6.07, 6.45) is 0. The number of sulfone groups is 1. The molecule has 20 heavy (non-hydrogen) atoms. The van der Waals surface area contributed by atoms with Crippen LogP contribution >= 0.6 is 0 Å². The van der Waals surface area contributed by atoms with Gasteiger partial charge in [-0.25, -0.2) is 8.42 Å². The van der Waals surface area contributed by atoms with Gasteiger partial charge in [0, 0.05) is 19.6 Å². The smallest absolute Gasteiger partial charge is 0.323 e. The molecule has 1 aliphatic heterocycles. The Kier molecular flexibility index (Phi) is 4.58. The van der Waals surface area contributed by atoms with Crippen LogP contribution in [0.4, 0.5) is 11.9 Å². The first-order chi connectivity index (χ1) is 9.54. The molecule has 0 radical (unpaired) electrons. The van der Waals surface area contributed by atoms with Crippen molar-refractivity contribution in [3.05, 3.63) is 0 Å². The van der Waals surface area contributed by atoms with Gasteiger partial charge in [0.2, 0.25) is 11.9 Å². The van der Waals surface area contributed by atoms with Crippen LogP contribution in [0.15, 0.2) is 0 Å². The lowest BCUT2D eigenvalue weighted by Crippen LogP contribution is -2.41. The second-order valence-electron chi connectivity index (χ2n) is 4.34. The van der Waals surface area contributed by atoms with Crippen LogP contribution in [0.5, 0.6) is 6.01 Å².